The molecule has 0 spiro atoms. The van der Waals surface area contributed by atoms with Crippen molar-refractivity contribution in [3.8, 4) is 0 Å². The average molecular weight is 447 g/mol. The first-order valence-electron chi connectivity index (χ1n) is 9.94. The predicted molar refractivity (Wildman–Crippen MR) is 115 cm³/mol. The molecule has 2 aliphatic heterocycles. The number of nitrogens with zero attached hydrogens (tertiary/aromatic N) is 3. The summed E-state index contributed by atoms with van der Waals surface area (Å²) in [6.45, 7) is 5.51. The molecule has 10 heteroatoms. The van der Waals surface area contributed by atoms with Crippen LogP contribution in [-0.2, 0) is 19.4 Å². The van der Waals surface area contributed by atoms with Crippen molar-refractivity contribution in [2.75, 3.05) is 44.4 Å². The van der Waals surface area contributed by atoms with Gasteiger partial charge in [0.15, 0.2) is 0 Å². The normalized spacial score (nSPS) is 18.3. The zero-order valence-corrected chi connectivity index (χ0v) is 17.9. The van der Waals surface area contributed by atoms with E-state index in [1.165, 1.54) is 17.1 Å². The first-order chi connectivity index (χ1) is 14.9. The maximum atomic E-state index is 13.9. The van der Waals surface area contributed by atoms with Crippen molar-refractivity contribution >= 4 is 32.2 Å². The molecular formula is C21H23FN4O4S. The van der Waals surface area contributed by atoms with Crippen LogP contribution in [0.3, 0.4) is 0 Å². The fourth-order valence-electron chi connectivity index (χ4n) is 3.46. The molecule has 1 fully saturated rings. The Bertz CT molecular complexity index is 1110. The number of amides is 1. The van der Waals surface area contributed by atoms with Crippen LogP contribution in [0.15, 0.2) is 52.5 Å². The van der Waals surface area contributed by atoms with Gasteiger partial charge in [-0.3, -0.25) is 9.69 Å². The molecule has 1 amide bonds. The minimum absolute atomic E-state index is 0.190. The van der Waals surface area contributed by atoms with Gasteiger partial charge in [0.2, 0.25) is 14.9 Å². The summed E-state index contributed by atoms with van der Waals surface area (Å²) in [5.41, 5.74) is 1.76. The van der Waals surface area contributed by atoms with Gasteiger partial charge in [-0.05, 0) is 37.3 Å². The Balaban J connectivity index is 1.63. The van der Waals surface area contributed by atoms with Crippen LogP contribution in [0.5, 0.6) is 0 Å². The standard InChI is InChI=1S/C21H23FN4O4S/c1-15-2-5-17(6-3-15)26-18-7-4-16(22)14-19(18)31(28,29)21(24-26)20(27)23-8-9-25-10-12-30-13-11-25/h2-7,14H,8-13H2,1H3,(H,23,27). The third-order valence-electron chi connectivity index (χ3n) is 5.18. The maximum absolute atomic E-state index is 13.9. The molecule has 0 aliphatic carbocycles. The summed E-state index contributed by atoms with van der Waals surface area (Å²) in [4.78, 5) is 14.6. The molecule has 0 radical (unpaired) electrons. The minimum atomic E-state index is -4.29. The lowest BCUT2D eigenvalue weighted by Crippen LogP contribution is -2.44. The number of anilines is 2. The van der Waals surface area contributed by atoms with E-state index in [1.807, 2.05) is 19.1 Å². The van der Waals surface area contributed by atoms with Crippen LogP contribution in [0, 0.1) is 12.7 Å². The van der Waals surface area contributed by atoms with E-state index >= 15 is 0 Å². The molecule has 0 saturated carbocycles. The molecule has 164 valence electrons. The zero-order chi connectivity index (χ0) is 22.0. The number of halogens is 1. The van der Waals surface area contributed by atoms with Crippen LogP contribution in [0.2, 0.25) is 0 Å². The van der Waals surface area contributed by atoms with Crippen molar-refractivity contribution in [1.29, 1.82) is 0 Å². The van der Waals surface area contributed by atoms with Crippen LogP contribution in [0.1, 0.15) is 5.56 Å². The second-order valence-corrected chi connectivity index (χ2v) is 9.21. The second kappa shape index (κ2) is 8.74. The number of sulfone groups is 1. The Labute approximate surface area is 180 Å². The van der Waals surface area contributed by atoms with E-state index in [-0.39, 0.29) is 17.1 Å². The van der Waals surface area contributed by atoms with E-state index < -0.39 is 26.6 Å². The lowest BCUT2D eigenvalue weighted by molar-refractivity contribution is -0.114. The van der Waals surface area contributed by atoms with E-state index in [2.05, 4.69) is 15.3 Å². The summed E-state index contributed by atoms with van der Waals surface area (Å²) >= 11 is 0. The van der Waals surface area contributed by atoms with Crippen LogP contribution in [0.4, 0.5) is 15.8 Å². The first kappa shape index (κ1) is 21.4. The summed E-state index contributed by atoms with van der Waals surface area (Å²) in [7, 11) is -4.29. The first-order valence-corrected chi connectivity index (χ1v) is 11.4. The number of carbonyl (C=O) groups excluding carboxylic acids is 1. The Hall–Kier alpha value is -2.82. The highest BCUT2D eigenvalue weighted by Gasteiger charge is 2.38. The van der Waals surface area contributed by atoms with Gasteiger partial charge < -0.3 is 10.1 Å². The molecule has 4 rings (SSSR count). The average Bonchev–Trinajstić information content (AvgIpc) is 2.75. The number of rotatable bonds is 5. The van der Waals surface area contributed by atoms with Crippen LogP contribution in [-0.4, -0.2) is 63.7 Å². The van der Waals surface area contributed by atoms with E-state index in [1.54, 1.807) is 12.1 Å². The molecular weight excluding hydrogens is 423 g/mol. The van der Waals surface area contributed by atoms with Crippen molar-refractivity contribution in [3.05, 3.63) is 53.8 Å². The number of ether oxygens (including phenoxy) is 1. The smallest absolute Gasteiger partial charge is 0.284 e. The fourth-order valence-corrected chi connectivity index (χ4v) is 4.87. The molecule has 8 nitrogen and oxygen atoms in total. The molecule has 31 heavy (non-hydrogen) atoms. The van der Waals surface area contributed by atoms with Crippen LogP contribution < -0.4 is 10.3 Å². The predicted octanol–water partition coefficient (Wildman–Crippen LogP) is 1.82. The molecule has 0 unspecified atom stereocenters. The van der Waals surface area contributed by atoms with Crippen LogP contribution >= 0.6 is 0 Å². The summed E-state index contributed by atoms with van der Waals surface area (Å²) in [5.74, 6) is -1.53. The van der Waals surface area contributed by atoms with Crippen molar-refractivity contribution in [2.45, 2.75) is 11.8 Å². The van der Waals surface area contributed by atoms with Gasteiger partial charge in [0, 0.05) is 26.2 Å². The molecule has 2 aliphatic rings. The van der Waals surface area contributed by atoms with E-state index in [0.29, 0.717) is 25.4 Å². The number of benzene rings is 2. The SMILES string of the molecule is Cc1ccc(N2N=C(C(=O)NCCN3CCOCC3)S(=O)(=O)c3cc(F)ccc32)cc1. The molecule has 2 aromatic carbocycles. The molecule has 2 aromatic rings. The van der Waals surface area contributed by atoms with Crippen LogP contribution in [0.25, 0.3) is 0 Å². The number of hydrogen-bond donors (Lipinski definition) is 1. The number of aryl methyl sites for hydroxylation is 1. The summed E-state index contributed by atoms with van der Waals surface area (Å²) in [5, 5.41) is 7.49. The molecule has 2 heterocycles. The number of hydrazone groups is 1. The highest BCUT2D eigenvalue weighted by atomic mass is 32.2. The summed E-state index contributed by atoms with van der Waals surface area (Å²) < 4.78 is 45.4. The van der Waals surface area contributed by atoms with Gasteiger partial charge in [-0.1, -0.05) is 17.7 Å². The minimum Gasteiger partial charge on any atom is -0.379 e. The van der Waals surface area contributed by atoms with Gasteiger partial charge in [0.25, 0.3) is 5.91 Å². The number of morpholine rings is 1. The zero-order valence-electron chi connectivity index (χ0n) is 17.0. The molecule has 0 bridgehead atoms. The summed E-state index contributed by atoms with van der Waals surface area (Å²) in [6, 6.07) is 10.6. The lowest BCUT2D eigenvalue weighted by Gasteiger charge is -2.28. The third-order valence-corrected chi connectivity index (χ3v) is 6.86. The molecule has 1 saturated heterocycles. The van der Waals surface area contributed by atoms with Crippen molar-refractivity contribution in [2.24, 2.45) is 5.10 Å². The van der Waals surface area contributed by atoms with Gasteiger partial charge in [-0.2, -0.15) is 0 Å². The Kier molecular flexibility index (Phi) is 6.03. The number of carbonyl (C=O) groups is 1. The monoisotopic (exact) mass is 446 g/mol. The van der Waals surface area contributed by atoms with Crippen molar-refractivity contribution in [3.63, 3.8) is 0 Å². The Morgan fingerprint density at radius 1 is 1.16 bits per heavy atom. The fraction of sp³-hybridized carbons (Fsp3) is 0.333. The van der Waals surface area contributed by atoms with Crippen molar-refractivity contribution < 1.29 is 22.3 Å². The number of fused-ring (bicyclic) bond motifs is 1. The second-order valence-electron chi connectivity index (χ2n) is 7.38. The Morgan fingerprint density at radius 2 is 1.87 bits per heavy atom. The molecule has 0 atom stereocenters. The van der Waals surface area contributed by atoms with E-state index in [9.17, 15) is 17.6 Å². The Morgan fingerprint density at radius 3 is 2.58 bits per heavy atom. The molecule has 0 aromatic heterocycles. The van der Waals surface area contributed by atoms with E-state index in [0.717, 1.165) is 24.7 Å². The highest BCUT2D eigenvalue weighted by molar-refractivity contribution is 8.08. The number of nitrogens with one attached hydrogen (secondary N) is 1. The molecule has 1 N–H and O–H groups in total. The van der Waals surface area contributed by atoms with Gasteiger partial charge in [0.1, 0.15) is 10.7 Å². The summed E-state index contributed by atoms with van der Waals surface area (Å²) in [6.07, 6.45) is 0. The number of hydrogen-bond acceptors (Lipinski definition) is 7. The van der Waals surface area contributed by atoms with Crippen molar-refractivity contribution in [1.82, 2.24) is 10.2 Å². The largest absolute Gasteiger partial charge is 0.379 e. The van der Waals surface area contributed by atoms with Gasteiger partial charge in [-0.25, -0.2) is 17.8 Å². The van der Waals surface area contributed by atoms with E-state index in [4.69, 9.17) is 4.74 Å². The maximum Gasteiger partial charge on any atom is 0.284 e. The van der Waals surface area contributed by atoms with Gasteiger partial charge >= 0.3 is 0 Å². The third kappa shape index (κ3) is 4.46. The lowest BCUT2D eigenvalue weighted by atomic mass is 10.2. The topological polar surface area (TPSA) is 91.3 Å². The van der Waals surface area contributed by atoms with Gasteiger partial charge in [-0.15, -0.1) is 5.10 Å². The highest BCUT2D eigenvalue weighted by Crippen LogP contribution is 2.37. The quantitative estimate of drug-likeness (QED) is 0.754. The van der Waals surface area contributed by atoms with Gasteiger partial charge in [0.05, 0.1) is 24.6 Å².